The summed E-state index contributed by atoms with van der Waals surface area (Å²) in [5.74, 6) is 2.36. The molecule has 0 amide bonds. The molecule has 0 N–H and O–H groups in total. The third-order valence-electron chi connectivity index (χ3n) is 4.80. The number of unbranched alkanes of at least 4 members (excludes halogenated alkanes) is 1. The lowest BCUT2D eigenvalue weighted by atomic mass is 9.65. The van der Waals surface area contributed by atoms with E-state index in [-0.39, 0.29) is 0 Å². The Morgan fingerprint density at radius 3 is 2.47 bits per heavy atom. The van der Waals surface area contributed by atoms with Crippen molar-refractivity contribution >= 4 is 11.6 Å². The van der Waals surface area contributed by atoms with Gasteiger partial charge in [0, 0.05) is 19.6 Å². The average molecular weight is 261 g/mol. The molecule has 1 unspecified atom stereocenters. The van der Waals surface area contributed by atoms with E-state index in [0.29, 0.717) is 11.3 Å². The number of ether oxygens (including phenoxy) is 1. The van der Waals surface area contributed by atoms with Crippen LogP contribution in [0.3, 0.4) is 0 Å². The van der Waals surface area contributed by atoms with Crippen molar-refractivity contribution in [2.45, 2.75) is 58.8 Å². The highest BCUT2D eigenvalue weighted by Gasteiger charge is 2.38. The van der Waals surface area contributed by atoms with Gasteiger partial charge in [-0.3, -0.25) is 0 Å². The molecule has 0 spiro atoms. The number of rotatable bonds is 7. The highest BCUT2D eigenvalue weighted by atomic mass is 35.5. The van der Waals surface area contributed by atoms with E-state index in [9.17, 15) is 0 Å². The molecule has 0 aromatic heterocycles. The first kappa shape index (κ1) is 15.3. The predicted molar refractivity (Wildman–Crippen MR) is 75.7 cm³/mol. The van der Waals surface area contributed by atoms with Crippen LogP contribution in [0.5, 0.6) is 0 Å². The average Bonchev–Trinajstić information content (AvgIpc) is 2.37. The van der Waals surface area contributed by atoms with E-state index < -0.39 is 0 Å². The zero-order valence-electron chi connectivity index (χ0n) is 11.8. The van der Waals surface area contributed by atoms with Gasteiger partial charge >= 0.3 is 0 Å². The fourth-order valence-corrected chi connectivity index (χ4v) is 3.75. The van der Waals surface area contributed by atoms with Crippen LogP contribution in [0.4, 0.5) is 0 Å². The highest BCUT2D eigenvalue weighted by molar-refractivity contribution is 6.18. The maximum atomic E-state index is 6.26. The van der Waals surface area contributed by atoms with E-state index in [1.807, 2.05) is 0 Å². The van der Waals surface area contributed by atoms with E-state index in [4.69, 9.17) is 16.3 Å². The molecule has 0 aliphatic heterocycles. The molecule has 1 rings (SSSR count). The van der Waals surface area contributed by atoms with Crippen LogP contribution in [0.2, 0.25) is 0 Å². The molecule has 1 atom stereocenters. The number of methoxy groups -OCH3 is 1. The summed E-state index contributed by atoms with van der Waals surface area (Å²) in [5.41, 5.74) is 0.348. The van der Waals surface area contributed by atoms with Crippen molar-refractivity contribution in [1.82, 2.24) is 0 Å². The maximum absolute atomic E-state index is 6.26. The van der Waals surface area contributed by atoms with Crippen molar-refractivity contribution in [3.63, 3.8) is 0 Å². The number of hydrogen-bond donors (Lipinski definition) is 0. The summed E-state index contributed by atoms with van der Waals surface area (Å²) in [6, 6.07) is 0. The maximum Gasteiger partial charge on any atom is 0.0493 e. The molecule has 102 valence electrons. The van der Waals surface area contributed by atoms with Crippen LogP contribution < -0.4 is 0 Å². The summed E-state index contributed by atoms with van der Waals surface area (Å²) in [7, 11) is 1.80. The van der Waals surface area contributed by atoms with E-state index in [2.05, 4.69) is 13.8 Å². The van der Waals surface area contributed by atoms with Crippen LogP contribution in [0.1, 0.15) is 58.8 Å². The molecule has 2 heteroatoms. The number of halogens is 1. The smallest absolute Gasteiger partial charge is 0.0493 e. The SMILES string of the molecule is CCCCC1CCC(CCl)(C(C)COC)CC1. The van der Waals surface area contributed by atoms with Crippen molar-refractivity contribution in [3.8, 4) is 0 Å². The molecule has 1 nitrogen and oxygen atoms in total. The van der Waals surface area contributed by atoms with Gasteiger partial charge in [0.25, 0.3) is 0 Å². The lowest BCUT2D eigenvalue weighted by molar-refractivity contribution is 0.0425. The molecular formula is C15H29ClO. The standard InChI is InChI=1S/C15H29ClO/c1-4-5-6-14-7-9-15(12-16,10-8-14)13(2)11-17-3/h13-14H,4-12H2,1-3H3. The summed E-state index contributed by atoms with van der Waals surface area (Å²) >= 11 is 6.26. The van der Waals surface area contributed by atoms with Gasteiger partial charge in [-0.1, -0.05) is 33.1 Å². The Morgan fingerprint density at radius 1 is 1.35 bits per heavy atom. The summed E-state index contributed by atoms with van der Waals surface area (Å²) in [4.78, 5) is 0. The molecular weight excluding hydrogens is 232 g/mol. The first-order chi connectivity index (χ1) is 8.18. The van der Waals surface area contributed by atoms with Crippen LogP contribution in [0.25, 0.3) is 0 Å². The third-order valence-corrected chi connectivity index (χ3v) is 5.33. The Balaban J connectivity index is 2.45. The second kappa shape index (κ2) is 7.63. The molecule has 0 aromatic carbocycles. The number of hydrogen-bond acceptors (Lipinski definition) is 1. The van der Waals surface area contributed by atoms with Crippen molar-refractivity contribution in [2.75, 3.05) is 19.6 Å². The molecule has 1 fully saturated rings. The summed E-state index contributed by atoms with van der Waals surface area (Å²) in [5, 5.41) is 0. The molecule has 1 aliphatic rings. The van der Waals surface area contributed by atoms with Gasteiger partial charge < -0.3 is 4.74 Å². The van der Waals surface area contributed by atoms with Gasteiger partial charge in [0.1, 0.15) is 0 Å². The molecule has 0 heterocycles. The van der Waals surface area contributed by atoms with Gasteiger partial charge in [-0.15, -0.1) is 11.6 Å². The minimum Gasteiger partial charge on any atom is -0.384 e. The predicted octanol–water partition coefficient (Wildman–Crippen LogP) is 4.87. The zero-order valence-corrected chi connectivity index (χ0v) is 12.6. The van der Waals surface area contributed by atoms with E-state index >= 15 is 0 Å². The van der Waals surface area contributed by atoms with Gasteiger partial charge in [0.15, 0.2) is 0 Å². The van der Waals surface area contributed by atoms with Crippen LogP contribution in [0.15, 0.2) is 0 Å². The molecule has 0 saturated heterocycles. The first-order valence-electron chi connectivity index (χ1n) is 7.23. The van der Waals surface area contributed by atoms with Crippen molar-refractivity contribution in [1.29, 1.82) is 0 Å². The van der Waals surface area contributed by atoms with Gasteiger partial charge in [0.2, 0.25) is 0 Å². The van der Waals surface area contributed by atoms with Gasteiger partial charge in [-0.2, -0.15) is 0 Å². The Morgan fingerprint density at radius 2 is 2.00 bits per heavy atom. The molecule has 1 saturated carbocycles. The largest absolute Gasteiger partial charge is 0.384 e. The second-order valence-corrected chi connectivity index (χ2v) is 6.21. The van der Waals surface area contributed by atoms with Crippen LogP contribution in [-0.2, 0) is 4.74 Å². The molecule has 0 radical (unpaired) electrons. The molecule has 1 aliphatic carbocycles. The summed E-state index contributed by atoms with van der Waals surface area (Å²) < 4.78 is 5.32. The summed E-state index contributed by atoms with van der Waals surface area (Å²) in [6.45, 7) is 5.44. The normalized spacial score (nSPS) is 31.4. The third kappa shape index (κ3) is 4.13. The molecule has 17 heavy (non-hydrogen) atoms. The molecule has 0 bridgehead atoms. The Bertz CT molecular complexity index is 197. The van der Waals surface area contributed by atoms with Crippen molar-refractivity contribution < 1.29 is 4.74 Å². The lowest BCUT2D eigenvalue weighted by Crippen LogP contribution is -2.37. The fourth-order valence-electron chi connectivity index (χ4n) is 3.22. The number of alkyl halides is 1. The van der Waals surface area contributed by atoms with Gasteiger partial charge in [-0.25, -0.2) is 0 Å². The minimum atomic E-state index is 0.348. The lowest BCUT2D eigenvalue weighted by Gasteiger charge is -2.43. The minimum absolute atomic E-state index is 0.348. The second-order valence-electron chi connectivity index (χ2n) is 5.94. The van der Waals surface area contributed by atoms with Crippen LogP contribution in [-0.4, -0.2) is 19.6 Å². The summed E-state index contributed by atoms with van der Waals surface area (Å²) in [6.07, 6.45) is 9.50. The fraction of sp³-hybridized carbons (Fsp3) is 1.00. The van der Waals surface area contributed by atoms with Crippen molar-refractivity contribution in [2.24, 2.45) is 17.3 Å². The van der Waals surface area contributed by atoms with E-state index in [1.54, 1.807) is 7.11 Å². The first-order valence-corrected chi connectivity index (χ1v) is 7.77. The van der Waals surface area contributed by atoms with Crippen LogP contribution >= 0.6 is 11.6 Å². The Kier molecular flexibility index (Phi) is 6.87. The van der Waals surface area contributed by atoms with Crippen molar-refractivity contribution in [3.05, 3.63) is 0 Å². The zero-order chi connectivity index (χ0) is 12.7. The van der Waals surface area contributed by atoms with Crippen LogP contribution in [0, 0.1) is 17.3 Å². The molecule has 0 aromatic rings. The van der Waals surface area contributed by atoms with Gasteiger partial charge in [0.05, 0.1) is 0 Å². The van der Waals surface area contributed by atoms with E-state index in [1.165, 1.54) is 44.9 Å². The highest BCUT2D eigenvalue weighted by Crippen LogP contribution is 2.46. The monoisotopic (exact) mass is 260 g/mol. The van der Waals surface area contributed by atoms with Gasteiger partial charge in [-0.05, 0) is 42.9 Å². The Hall–Kier alpha value is 0.250. The Labute approximate surface area is 112 Å². The quantitative estimate of drug-likeness (QED) is 0.593. The van der Waals surface area contributed by atoms with E-state index in [0.717, 1.165) is 18.4 Å². The topological polar surface area (TPSA) is 9.23 Å².